The Balaban J connectivity index is 0.000000246. The third-order valence-electron chi connectivity index (χ3n) is 3.15. The summed E-state index contributed by atoms with van der Waals surface area (Å²) in [5.41, 5.74) is 1.60. The molecule has 2 aromatic carbocycles. The van der Waals surface area contributed by atoms with Crippen LogP contribution in [0, 0.1) is 0 Å². The molecular weight excluding hydrogens is 278 g/mol. The number of benzene rings is 2. The van der Waals surface area contributed by atoms with Gasteiger partial charge in [0.1, 0.15) is 0 Å². The van der Waals surface area contributed by atoms with Crippen LogP contribution in [-0.2, 0) is 0 Å². The highest BCUT2D eigenvalue weighted by Crippen LogP contribution is 2.22. The van der Waals surface area contributed by atoms with Crippen LogP contribution in [0.1, 0.15) is 10.4 Å². The second-order valence-electron chi connectivity index (χ2n) is 4.58. The molecule has 0 radical (unpaired) electrons. The van der Waals surface area contributed by atoms with Gasteiger partial charge in [0.05, 0.1) is 16.6 Å². The number of hydrogen-bond acceptors (Lipinski definition) is 3. The molecule has 0 unspecified atom stereocenters. The molecule has 0 amide bonds. The molecule has 0 fully saturated rings. The zero-order valence-corrected chi connectivity index (χ0v) is 11.5. The number of imidazole rings is 1. The summed E-state index contributed by atoms with van der Waals surface area (Å²) < 4.78 is 0. The first-order valence-electron chi connectivity index (χ1n) is 6.64. The van der Waals surface area contributed by atoms with Crippen LogP contribution in [0.15, 0.2) is 67.3 Å². The minimum atomic E-state index is -0.946. The lowest BCUT2D eigenvalue weighted by atomic mass is 10.1. The van der Waals surface area contributed by atoms with Crippen molar-refractivity contribution in [3.8, 4) is 0 Å². The molecular formula is C17H12N3O2-. The minimum Gasteiger partial charge on any atom is -0.478 e. The Hall–Kier alpha value is -3.21. The summed E-state index contributed by atoms with van der Waals surface area (Å²) in [5, 5.41) is 11.0. The lowest BCUT2D eigenvalue weighted by molar-refractivity contribution is 0.0699. The molecule has 4 aromatic rings. The number of para-hydroxylation sites is 2. The van der Waals surface area contributed by atoms with Crippen molar-refractivity contribution >= 4 is 27.8 Å². The van der Waals surface area contributed by atoms with Gasteiger partial charge in [0.15, 0.2) is 0 Å². The minimum absolute atomic E-state index is 0.244. The molecule has 0 saturated carbocycles. The summed E-state index contributed by atoms with van der Waals surface area (Å²) in [5.74, 6) is -0.946. The highest BCUT2D eigenvalue weighted by Gasteiger charge is 2.09. The Kier molecular flexibility index (Phi) is 3.78. The maximum Gasteiger partial charge on any atom is 0.337 e. The third-order valence-corrected chi connectivity index (χ3v) is 3.15. The molecule has 2 aromatic heterocycles. The van der Waals surface area contributed by atoms with Gasteiger partial charge >= 0.3 is 5.97 Å². The normalized spacial score (nSPS) is 10.2. The van der Waals surface area contributed by atoms with E-state index in [0.29, 0.717) is 5.52 Å². The van der Waals surface area contributed by atoms with Gasteiger partial charge in [0, 0.05) is 10.8 Å². The van der Waals surface area contributed by atoms with Gasteiger partial charge in [-0.05, 0) is 18.2 Å². The predicted octanol–water partition coefficient (Wildman–Crippen LogP) is 3.13. The lowest BCUT2D eigenvalue weighted by Gasteiger charge is -2.03. The smallest absolute Gasteiger partial charge is 0.337 e. The SMILES string of the molecule is O=C(O)c1cccc2cc3ccccc3nc12.c1c[n-]cn1. The van der Waals surface area contributed by atoms with Gasteiger partial charge in [-0.3, -0.25) is 0 Å². The van der Waals surface area contributed by atoms with Crippen LogP contribution in [0.5, 0.6) is 0 Å². The Labute approximate surface area is 126 Å². The van der Waals surface area contributed by atoms with Crippen molar-refractivity contribution in [2.75, 3.05) is 0 Å². The van der Waals surface area contributed by atoms with E-state index in [-0.39, 0.29) is 5.56 Å². The maximum absolute atomic E-state index is 11.1. The second kappa shape index (κ2) is 6.05. The fraction of sp³-hybridized carbons (Fsp3) is 0. The van der Waals surface area contributed by atoms with Crippen LogP contribution in [-0.4, -0.2) is 21.0 Å². The first-order valence-corrected chi connectivity index (χ1v) is 6.64. The molecule has 0 saturated heterocycles. The van der Waals surface area contributed by atoms with Gasteiger partial charge in [-0.25, -0.2) is 9.78 Å². The summed E-state index contributed by atoms with van der Waals surface area (Å²) >= 11 is 0. The molecule has 2 heterocycles. The Morgan fingerprint density at radius 1 is 1.05 bits per heavy atom. The van der Waals surface area contributed by atoms with E-state index in [0.717, 1.165) is 16.3 Å². The van der Waals surface area contributed by atoms with E-state index in [9.17, 15) is 4.79 Å². The number of fused-ring (bicyclic) bond motifs is 2. The number of rotatable bonds is 1. The van der Waals surface area contributed by atoms with Crippen LogP contribution in [0.3, 0.4) is 0 Å². The monoisotopic (exact) mass is 290 g/mol. The average Bonchev–Trinajstić information content (AvgIpc) is 3.12. The number of carboxylic acid groups (broad SMARTS) is 1. The van der Waals surface area contributed by atoms with Gasteiger partial charge in [0.25, 0.3) is 0 Å². The number of carbonyl (C=O) groups is 1. The van der Waals surface area contributed by atoms with Crippen LogP contribution < -0.4 is 4.98 Å². The van der Waals surface area contributed by atoms with Crippen LogP contribution >= 0.6 is 0 Å². The number of aromatic nitrogens is 3. The standard InChI is InChI=1S/C14H9NO2.C3H3N2/c16-14(17)11-6-3-5-10-8-9-4-1-2-7-12(9)15-13(10)11;1-2-5-3-4-1/h1-8H,(H,16,17);1-3H/q;-1. The van der Waals surface area contributed by atoms with Gasteiger partial charge in [-0.1, -0.05) is 49.1 Å². The zero-order valence-electron chi connectivity index (χ0n) is 11.5. The first kappa shape index (κ1) is 13.8. The van der Waals surface area contributed by atoms with Crippen molar-refractivity contribution in [1.82, 2.24) is 15.0 Å². The van der Waals surface area contributed by atoms with Crippen LogP contribution in [0.25, 0.3) is 21.8 Å². The molecule has 5 heteroatoms. The van der Waals surface area contributed by atoms with Crippen molar-refractivity contribution in [3.63, 3.8) is 0 Å². The largest absolute Gasteiger partial charge is 0.478 e. The lowest BCUT2D eigenvalue weighted by Crippen LogP contribution is -1.98. The van der Waals surface area contributed by atoms with Crippen molar-refractivity contribution in [2.24, 2.45) is 0 Å². The topological polar surface area (TPSA) is 77.2 Å². The van der Waals surface area contributed by atoms with E-state index in [4.69, 9.17) is 5.11 Å². The number of pyridine rings is 1. The molecule has 5 nitrogen and oxygen atoms in total. The molecule has 0 spiro atoms. The van der Waals surface area contributed by atoms with E-state index in [2.05, 4.69) is 15.0 Å². The summed E-state index contributed by atoms with van der Waals surface area (Å²) in [6.07, 6.45) is 4.78. The predicted molar refractivity (Wildman–Crippen MR) is 83.8 cm³/mol. The Bertz CT molecular complexity index is 900. The molecule has 0 atom stereocenters. The highest BCUT2D eigenvalue weighted by atomic mass is 16.4. The van der Waals surface area contributed by atoms with Crippen LogP contribution in [0.4, 0.5) is 0 Å². The number of carboxylic acids is 1. The fourth-order valence-corrected chi connectivity index (χ4v) is 2.17. The molecule has 1 N–H and O–H groups in total. The van der Waals surface area contributed by atoms with Crippen molar-refractivity contribution in [1.29, 1.82) is 0 Å². The third kappa shape index (κ3) is 2.78. The Morgan fingerprint density at radius 2 is 1.86 bits per heavy atom. The zero-order chi connectivity index (χ0) is 15.4. The number of aromatic carboxylic acids is 1. The van der Waals surface area contributed by atoms with Gasteiger partial charge in [0.2, 0.25) is 0 Å². The van der Waals surface area contributed by atoms with Crippen LogP contribution in [0.2, 0.25) is 0 Å². The van der Waals surface area contributed by atoms with E-state index in [1.807, 2.05) is 36.4 Å². The summed E-state index contributed by atoms with van der Waals surface area (Å²) in [6, 6.07) is 14.8. The number of nitrogens with zero attached hydrogens (tertiary/aromatic N) is 3. The molecule has 0 aliphatic carbocycles. The molecule has 0 aliphatic heterocycles. The first-order chi connectivity index (χ1) is 10.8. The van der Waals surface area contributed by atoms with Gasteiger partial charge in [-0.2, -0.15) is 0 Å². The molecule has 4 rings (SSSR count). The van der Waals surface area contributed by atoms with Crippen molar-refractivity contribution < 1.29 is 9.90 Å². The second-order valence-corrected chi connectivity index (χ2v) is 4.58. The highest BCUT2D eigenvalue weighted by molar-refractivity contribution is 6.04. The molecule has 0 aliphatic rings. The fourth-order valence-electron chi connectivity index (χ4n) is 2.17. The quantitative estimate of drug-likeness (QED) is 0.545. The van der Waals surface area contributed by atoms with Crippen molar-refractivity contribution in [3.05, 3.63) is 72.8 Å². The number of hydrogen-bond donors (Lipinski definition) is 1. The van der Waals surface area contributed by atoms with Crippen molar-refractivity contribution in [2.45, 2.75) is 0 Å². The molecule has 22 heavy (non-hydrogen) atoms. The van der Waals surface area contributed by atoms with Gasteiger partial charge < -0.3 is 15.1 Å². The summed E-state index contributed by atoms with van der Waals surface area (Å²) in [7, 11) is 0. The maximum atomic E-state index is 11.1. The van der Waals surface area contributed by atoms with E-state index >= 15 is 0 Å². The van der Waals surface area contributed by atoms with E-state index in [1.165, 1.54) is 6.33 Å². The Morgan fingerprint density at radius 3 is 2.55 bits per heavy atom. The van der Waals surface area contributed by atoms with E-state index < -0.39 is 5.97 Å². The molecule has 108 valence electrons. The molecule has 0 bridgehead atoms. The summed E-state index contributed by atoms with van der Waals surface area (Å²) in [4.78, 5) is 22.8. The summed E-state index contributed by atoms with van der Waals surface area (Å²) in [6.45, 7) is 0. The average molecular weight is 290 g/mol. The van der Waals surface area contributed by atoms with Gasteiger partial charge in [-0.15, -0.1) is 0 Å². The van der Waals surface area contributed by atoms with E-state index in [1.54, 1.807) is 24.5 Å².